The summed E-state index contributed by atoms with van der Waals surface area (Å²) in [6, 6.07) is 0. The van der Waals surface area contributed by atoms with Gasteiger partial charge in [-0.15, -0.1) is 0 Å². The van der Waals surface area contributed by atoms with Crippen LogP contribution in [0.5, 0.6) is 0 Å². The normalized spacial score (nSPS) is 8.55. The smallest absolute Gasteiger partial charge is 1.00 e. The number of nitrogens with one attached hydrogen (secondary N) is 2. The monoisotopic (exact) mass is 404 g/mol. The molecule has 0 aliphatic carbocycles. The number of hydrogen-bond donors (Lipinski definition) is 2. The molecule has 0 aromatic heterocycles. The number of ketones is 2. The van der Waals surface area contributed by atoms with Gasteiger partial charge in [0.1, 0.15) is 0 Å². The Morgan fingerprint density at radius 3 is 1.23 bits per heavy atom. The van der Waals surface area contributed by atoms with Crippen molar-refractivity contribution in [2.45, 2.75) is 27.7 Å². The summed E-state index contributed by atoms with van der Waals surface area (Å²) in [5, 5.41) is 5.86. The molecular weight excluding hydrogens is 378 g/mol. The molecular formula is C14H26F3N2NbO2. The maximum Gasteiger partial charge on any atom is 3.00 e. The molecule has 0 bridgehead atoms. The van der Waals surface area contributed by atoms with Gasteiger partial charge in [-0.05, 0) is 39.1 Å². The molecule has 0 heterocycles. The number of carbonyl (C=O) groups excluding carboxylic acids is 2. The molecule has 2 N–H and O–H groups in total. The van der Waals surface area contributed by atoms with E-state index in [1.54, 1.807) is 24.3 Å². The maximum absolute atomic E-state index is 10.7. The van der Waals surface area contributed by atoms with Crippen molar-refractivity contribution in [3.8, 4) is 0 Å². The quantitative estimate of drug-likeness (QED) is 0.312. The molecule has 0 aliphatic rings. The van der Waals surface area contributed by atoms with Gasteiger partial charge in [-0.3, -0.25) is 9.59 Å². The average molecular weight is 404 g/mol. The number of likely N-dealkylation sites (N-methyl/N-ethyl adjacent to an activating group) is 2. The van der Waals surface area contributed by atoms with Crippen LogP contribution in [0.15, 0.2) is 24.3 Å². The number of carbonyl (C=O) groups is 2. The van der Waals surface area contributed by atoms with Crippen molar-refractivity contribution in [1.29, 1.82) is 0 Å². The summed E-state index contributed by atoms with van der Waals surface area (Å²) < 4.78 is 0. The van der Waals surface area contributed by atoms with Gasteiger partial charge in [0, 0.05) is 0 Å². The molecule has 0 saturated heterocycles. The number of hydrogen-bond acceptors (Lipinski definition) is 4. The second kappa shape index (κ2) is 32.3. The maximum atomic E-state index is 10.7. The molecule has 130 valence electrons. The van der Waals surface area contributed by atoms with Crippen molar-refractivity contribution in [1.82, 2.24) is 10.6 Å². The van der Waals surface area contributed by atoms with Crippen LogP contribution in [0, 0.1) is 0 Å². The number of halogens is 3. The van der Waals surface area contributed by atoms with E-state index in [4.69, 9.17) is 0 Å². The van der Waals surface area contributed by atoms with E-state index in [1.807, 2.05) is 27.7 Å². The first kappa shape index (κ1) is 37.5. The van der Waals surface area contributed by atoms with Crippen molar-refractivity contribution < 1.29 is 46.1 Å². The fourth-order valence-corrected chi connectivity index (χ4v) is 0.986. The van der Waals surface area contributed by atoms with Crippen LogP contribution >= 0.6 is 0 Å². The first-order valence-corrected chi connectivity index (χ1v) is 6.34. The zero-order valence-corrected chi connectivity index (χ0v) is 15.7. The Bertz CT molecular complexity index is 261. The molecule has 0 radical (unpaired) electrons. The molecule has 0 saturated carbocycles. The Morgan fingerprint density at radius 1 is 0.773 bits per heavy atom. The predicted molar refractivity (Wildman–Crippen MR) is 76.7 cm³/mol. The Kier molecular flexibility index (Phi) is 55.0. The minimum atomic E-state index is 0. The molecule has 0 aromatic rings. The molecule has 0 rings (SSSR count). The summed E-state index contributed by atoms with van der Waals surface area (Å²) in [6.07, 6.45) is 6.64. The largest absolute Gasteiger partial charge is 3.00 e. The molecule has 0 fully saturated rings. The summed E-state index contributed by atoms with van der Waals surface area (Å²) in [5.41, 5.74) is 0. The van der Waals surface area contributed by atoms with Gasteiger partial charge in [-0.1, -0.05) is 26.0 Å². The van der Waals surface area contributed by atoms with Gasteiger partial charge in [0.15, 0.2) is 11.6 Å². The van der Waals surface area contributed by atoms with Crippen molar-refractivity contribution in [2.24, 2.45) is 0 Å². The van der Waals surface area contributed by atoms with Crippen LogP contribution in [0.1, 0.15) is 27.7 Å². The number of rotatable bonds is 8. The van der Waals surface area contributed by atoms with Gasteiger partial charge < -0.3 is 24.7 Å². The average Bonchev–Trinajstić information content (AvgIpc) is 2.35. The van der Waals surface area contributed by atoms with Crippen LogP contribution in [0.25, 0.3) is 0 Å². The van der Waals surface area contributed by atoms with Gasteiger partial charge in [0.25, 0.3) is 0 Å². The topological polar surface area (TPSA) is 58.2 Å². The molecule has 0 amide bonds. The van der Waals surface area contributed by atoms with Gasteiger partial charge in [-0.25, -0.2) is 0 Å². The zero-order chi connectivity index (χ0) is 14.2. The molecule has 8 heteroatoms. The third-order valence-electron chi connectivity index (χ3n) is 1.80. The van der Waals surface area contributed by atoms with Crippen LogP contribution in [0.4, 0.5) is 0 Å². The fraction of sp³-hybridized carbons (Fsp3) is 0.571. The summed E-state index contributed by atoms with van der Waals surface area (Å²) in [7, 11) is 0. The van der Waals surface area contributed by atoms with E-state index in [0.29, 0.717) is 13.1 Å². The molecule has 0 unspecified atom stereocenters. The van der Waals surface area contributed by atoms with E-state index in [2.05, 4.69) is 10.6 Å². The molecule has 4 nitrogen and oxygen atoms in total. The fourth-order valence-electron chi connectivity index (χ4n) is 0.986. The second-order valence-corrected chi connectivity index (χ2v) is 3.49. The van der Waals surface area contributed by atoms with E-state index in [1.165, 1.54) is 0 Å². The van der Waals surface area contributed by atoms with Crippen molar-refractivity contribution >= 4 is 11.6 Å². The van der Waals surface area contributed by atoms with Crippen LogP contribution < -0.4 is 24.7 Å². The summed E-state index contributed by atoms with van der Waals surface area (Å²) in [6.45, 7) is 10.2. The van der Waals surface area contributed by atoms with E-state index in [0.717, 1.165) is 13.1 Å². The standard InChI is InChI=1S/2C7H13NO.3FH.Nb/c2*1-3-5-7(9)6-8-4-2;;;;/h2*3,5,8H,4,6H2,1-2H3;3*1H;/q;;;;;+3/p-3/b2*5-3+;;;;. The summed E-state index contributed by atoms with van der Waals surface area (Å²) in [5.74, 6) is 0.277. The van der Waals surface area contributed by atoms with Gasteiger partial charge in [0.2, 0.25) is 0 Å². The minimum Gasteiger partial charge on any atom is -1.00 e. The first-order chi connectivity index (χ1) is 8.62. The van der Waals surface area contributed by atoms with Crippen molar-refractivity contribution in [2.75, 3.05) is 26.2 Å². The van der Waals surface area contributed by atoms with Crippen molar-refractivity contribution in [3.05, 3.63) is 24.3 Å². The van der Waals surface area contributed by atoms with Crippen LogP contribution in [-0.4, -0.2) is 37.7 Å². The van der Waals surface area contributed by atoms with Gasteiger partial charge >= 0.3 is 22.4 Å². The van der Waals surface area contributed by atoms with Crippen molar-refractivity contribution in [3.63, 3.8) is 0 Å². The summed E-state index contributed by atoms with van der Waals surface area (Å²) in [4.78, 5) is 21.3. The summed E-state index contributed by atoms with van der Waals surface area (Å²) >= 11 is 0. The van der Waals surface area contributed by atoms with Gasteiger partial charge in [-0.2, -0.15) is 0 Å². The van der Waals surface area contributed by atoms with Gasteiger partial charge in [0.05, 0.1) is 13.1 Å². The second-order valence-electron chi connectivity index (χ2n) is 3.49. The van der Waals surface area contributed by atoms with E-state index in [-0.39, 0.29) is 48.1 Å². The predicted octanol–water partition coefficient (Wildman–Crippen LogP) is -7.51. The van der Waals surface area contributed by atoms with Crippen LogP contribution in [0.3, 0.4) is 0 Å². The molecule has 22 heavy (non-hydrogen) atoms. The molecule has 0 aliphatic heterocycles. The Hall–Kier alpha value is -0.730. The minimum absolute atomic E-state index is 0. The SMILES string of the molecule is C/C=C/C(=O)CNCC.C/C=C/C(=O)CNCC.[F-].[F-].[F-].[Nb+3]. The van der Waals surface area contributed by atoms with E-state index in [9.17, 15) is 9.59 Å². The molecule has 0 spiro atoms. The molecule has 0 atom stereocenters. The Labute approximate surface area is 146 Å². The number of allylic oxidation sites excluding steroid dienone is 2. The first-order valence-electron chi connectivity index (χ1n) is 6.34. The van der Waals surface area contributed by atoms with E-state index < -0.39 is 0 Å². The van der Waals surface area contributed by atoms with Crippen LogP contribution in [0.2, 0.25) is 0 Å². The third kappa shape index (κ3) is 36.5. The Balaban J connectivity index is -0.0000000492. The van der Waals surface area contributed by atoms with E-state index >= 15 is 0 Å². The third-order valence-corrected chi connectivity index (χ3v) is 1.80. The van der Waals surface area contributed by atoms with Crippen LogP contribution in [-0.2, 0) is 32.0 Å². The zero-order valence-electron chi connectivity index (χ0n) is 13.5. The Morgan fingerprint density at radius 2 is 1.05 bits per heavy atom. The molecule has 0 aromatic carbocycles.